The van der Waals surface area contributed by atoms with E-state index < -0.39 is 11.4 Å². The molecule has 0 saturated carbocycles. The average Bonchev–Trinajstić information content (AvgIpc) is 2.35. The number of amides is 1. The van der Waals surface area contributed by atoms with Crippen LogP contribution >= 0.6 is 0 Å². The van der Waals surface area contributed by atoms with Gasteiger partial charge in [-0.3, -0.25) is 9.59 Å². The largest absolute Gasteiger partial charge is 0.481 e. The zero-order valence-electron chi connectivity index (χ0n) is 10.1. The van der Waals surface area contributed by atoms with Gasteiger partial charge in [0.2, 0.25) is 5.91 Å². The number of carbonyl (C=O) groups excluding carboxylic acids is 1. The molecule has 0 spiro atoms. The summed E-state index contributed by atoms with van der Waals surface area (Å²) < 4.78 is 4.95. The lowest BCUT2D eigenvalue weighted by Crippen LogP contribution is -2.51. The second kappa shape index (κ2) is 5.97. The quantitative estimate of drug-likeness (QED) is 0.691. The van der Waals surface area contributed by atoms with E-state index in [1.54, 1.807) is 12.0 Å². The maximum absolute atomic E-state index is 11.5. The third kappa shape index (κ3) is 3.17. The molecule has 1 saturated heterocycles. The number of hydrogen-bond donors (Lipinski definition) is 2. The highest BCUT2D eigenvalue weighted by atomic mass is 16.5. The van der Waals surface area contributed by atoms with Crippen molar-refractivity contribution in [3.05, 3.63) is 0 Å². The van der Waals surface area contributed by atoms with Crippen molar-refractivity contribution in [2.24, 2.45) is 11.1 Å². The SMILES string of the molecule is COCC[C@]1(C(=O)O)CCCN(C(=O)CN)C1. The number of carboxylic acid groups (broad SMARTS) is 1. The van der Waals surface area contributed by atoms with Crippen molar-refractivity contribution in [3.8, 4) is 0 Å². The van der Waals surface area contributed by atoms with Crippen LogP contribution in [0.25, 0.3) is 0 Å². The summed E-state index contributed by atoms with van der Waals surface area (Å²) in [7, 11) is 1.54. The standard InChI is InChI=1S/C11H20N2O4/c1-17-6-4-11(10(15)16)3-2-5-13(8-11)9(14)7-12/h2-8,12H2,1H3,(H,15,16)/t11-/m1/s1. The molecule has 0 aromatic carbocycles. The maximum atomic E-state index is 11.5. The number of ether oxygens (including phenoxy) is 1. The lowest BCUT2D eigenvalue weighted by molar-refractivity contribution is -0.156. The minimum absolute atomic E-state index is 0.0695. The number of piperidine rings is 1. The fourth-order valence-electron chi connectivity index (χ4n) is 2.26. The monoisotopic (exact) mass is 244 g/mol. The van der Waals surface area contributed by atoms with Gasteiger partial charge in [-0.1, -0.05) is 0 Å². The van der Waals surface area contributed by atoms with E-state index in [-0.39, 0.29) is 19.0 Å². The maximum Gasteiger partial charge on any atom is 0.311 e. The van der Waals surface area contributed by atoms with Crippen LogP contribution in [0.2, 0.25) is 0 Å². The van der Waals surface area contributed by atoms with E-state index in [2.05, 4.69) is 0 Å². The minimum Gasteiger partial charge on any atom is -0.481 e. The van der Waals surface area contributed by atoms with Gasteiger partial charge < -0.3 is 20.5 Å². The molecule has 6 nitrogen and oxygen atoms in total. The molecule has 1 aliphatic heterocycles. The van der Waals surface area contributed by atoms with Crippen LogP contribution in [0.5, 0.6) is 0 Å². The van der Waals surface area contributed by atoms with Gasteiger partial charge in [-0.25, -0.2) is 0 Å². The van der Waals surface area contributed by atoms with Crippen LogP contribution in [0.4, 0.5) is 0 Å². The molecule has 0 aromatic rings. The van der Waals surface area contributed by atoms with Crippen molar-refractivity contribution in [2.45, 2.75) is 19.3 Å². The van der Waals surface area contributed by atoms with Crippen LogP contribution < -0.4 is 5.73 Å². The number of carboxylic acids is 1. The van der Waals surface area contributed by atoms with E-state index in [0.717, 1.165) is 0 Å². The first kappa shape index (κ1) is 13.9. The molecular weight excluding hydrogens is 224 g/mol. The van der Waals surface area contributed by atoms with Gasteiger partial charge in [0.25, 0.3) is 0 Å². The van der Waals surface area contributed by atoms with E-state index in [4.69, 9.17) is 10.5 Å². The van der Waals surface area contributed by atoms with Crippen LogP contribution in [-0.4, -0.2) is 55.2 Å². The van der Waals surface area contributed by atoms with E-state index in [0.29, 0.717) is 32.4 Å². The highest BCUT2D eigenvalue weighted by Gasteiger charge is 2.42. The molecule has 1 heterocycles. The molecule has 0 unspecified atom stereocenters. The first-order chi connectivity index (χ1) is 8.05. The molecule has 1 amide bonds. The Morgan fingerprint density at radius 3 is 2.76 bits per heavy atom. The number of hydrogen-bond acceptors (Lipinski definition) is 4. The third-order valence-electron chi connectivity index (χ3n) is 3.34. The van der Waals surface area contributed by atoms with Crippen molar-refractivity contribution >= 4 is 11.9 Å². The Morgan fingerprint density at radius 1 is 1.53 bits per heavy atom. The molecular formula is C11H20N2O4. The van der Waals surface area contributed by atoms with Gasteiger partial charge in [0.15, 0.2) is 0 Å². The Morgan fingerprint density at radius 2 is 2.24 bits per heavy atom. The number of likely N-dealkylation sites (tertiary alicyclic amines) is 1. The third-order valence-corrected chi connectivity index (χ3v) is 3.34. The van der Waals surface area contributed by atoms with Gasteiger partial charge in [-0.15, -0.1) is 0 Å². The molecule has 0 aromatic heterocycles. The number of nitrogens with two attached hydrogens (primary N) is 1. The van der Waals surface area contributed by atoms with Gasteiger partial charge in [0, 0.05) is 26.8 Å². The molecule has 0 radical (unpaired) electrons. The van der Waals surface area contributed by atoms with Crippen LogP contribution in [0, 0.1) is 5.41 Å². The van der Waals surface area contributed by atoms with Gasteiger partial charge >= 0.3 is 5.97 Å². The van der Waals surface area contributed by atoms with Crippen molar-refractivity contribution < 1.29 is 19.4 Å². The molecule has 1 rings (SSSR count). The van der Waals surface area contributed by atoms with Gasteiger partial charge in [0.05, 0.1) is 12.0 Å². The molecule has 1 aliphatic rings. The topological polar surface area (TPSA) is 92.9 Å². The molecule has 0 aliphatic carbocycles. The van der Waals surface area contributed by atoms with Crippen LogP contribution in [0.15, 0.2) is 0 Å². The van der Waals surface area contributed by atoms with E-state index >= 15 is 0 Å². The summed E-state index contributed by atoms with van der Waals surface area (Å²) >= 11 is 0. The summed E-state index contributed by atoms with van der Waals surface area (Å²) in [6.07, 6.45) is 1.70. The van der Waals surface area contributed by atoms with Crippen LogP contribution in [-0.2, 0) is 14.3 Å². The van der Waals surface area contributed by atoms with Crippen molar-refractivity contribution in [1.82, 2.24) is 4.90 Å². The summed E-state index contributed by atoms with van der Waals surface area (Å²) in [6, 6.07) is 0. The Kier molecular flexibility index (Phi) is 4.89. The number of rotatable bonds is 5. The zero-order chi connectivity index (χ0) is 12.9. The predicted octanol–water partition coefficient (Wildman–Crippen LogP) is -0.325. The Bertz CT molecular complexity index is 295. The number of aliphatic carboxylic acids is 1. The Labute approximate surface area is 101 Å². The van der Waals surface area contributed by atoms with Crippen molar-refractivity contribution in [2.75, 3.05) is 33.4 Å². The van der Waals surface area contributed by atoms with Gasteiger partial charge in [0.1, 0.15) is 0 Å². The predicted molar refractivity (Wildman–Crippen MR) is 61.4 cm³/mol. The molecule has 0 bridgehead atoms. The van der Waals surface area contributed by atoms with E-state index in [1.807, 2.05) is 0 Å². The highest BCUT2D eigenvalue weighted by molar-refractivity contribution is 5.80. The van der Waals surface area contributed by atoms with Crippen molar-refractivity contribution in [3.63, 3.8) is 0 Å². The second-order valence-electron chi connectivity index (χ2n) is 4.45. The Hall–Kier alpha value is -1.14. The second-order valence-corrected chi connectivity index (χ2v) is 4.45. The lowest BCUT2D eigenvalue weighted by Gasteiger charge is -2.39. The fraction of sp³-hybridized carbons (Fsp3) is 0.818. The Balaban J connectivity index is 2.76. The first-order valence-electron chi connectivity index (χ1n) is 5.76. The van der Waals surface area contributed by atoms with E-state index in [1.165, 1.54) is 0 Å². The van der Waals surface area contributed by atoms with Crippen molar-refractivity contribution in [1.29, 1.82) is 0 Å². The smallest absolute Gasteiger partial charge is 0.311 e. The average molecular weight is 244 g/mol. The minimum atomic E-state index is -0.876. The number of carbonyl (C=O) groups is 2. The summed E-state index contributed by atoms with van der Waals surface area (Å²) in [5.74, 6) is -1.04. The van der Waals surface area contributed by atoms with Crippen LogP contribution in [0.3, 0.4) is 0 Å². The molecule has 98 valence electrons. The molecule has 1 atom stereocenters. The summed E-state index contributed by atoms with van der Waals surface area (Å²) in [5.41, 5.74) is 4.43. The van der Waals surface area contributed by atoms with Crippen LogP contribution in [0.1, 0.15) is 19.3 Å². The molecule has 3 N–H and O–H groups in total. The van der Waals surface area contributed by atoms with Gasteiger partial charge in [-0.2, -0.15) is 0 Å². The number of nitrogens with zero attached hydrogens (tertiary/aromatic N) is 1. The lowest BCUT2D eigenvalue weighted by atomic mass is 9.77. The van der Waals surface area contributed by atoms with Gasteiger partial charge in [-0.05, 0) is 19.3 Å². The molecule has 17 heavy (non-hydrogen) atoms. The first-order valence-corrected chi connectivity index (χ1v) is 5.76. The number of methoxy groups -OCH3 is 1. The summed E-state index contributed by atoms with van der Waals surface area (Å²) in [5, 5.41) is 9.36. The zero-order valence-corrected chi connectivity index (χ0v) is 10.1. The summed E-state index contributed by atoms with van der Waals surface area (Å²) in [6.45, 7) is 1.15. The molecule has 6 heteroatoms. The fourth-order valence-corrected chi connectivity index (χ4v) is 2.26. The normalized spacial score (nSPS) is 24.7. The summed E-state index contributed by atoms with van der Waals surface area (Å²) in [4.78, 5) is 24.5. The highest BCUT2D eigenvalue weighted by Crippen LogP contribution is 2.33. The van der Waals surface area contributed by atoms with E-state index in [9.17, 15) is 14.7 Å². The molecule has 1 fully saturated rings.